The van der Waals surface area contributed by atoms with Gasteiger partial charge in [-0.25, -0.2) is 13.8 Å². The topological polar surface area (TPSA) is 57.7 Å². The average Bonchev–Trinajstić information content (AvgIpc) is 3.40. The molecule has 0 unspecified atom stereocenters. The number of morpholine rings is 1. The lowest BCUT2D eigenvalue weighted by atomic mass is 9.88. The van der Waals surface area contributed by atoms with E-state index < -0.39 is 5.82 Å². The van der Waals surface area contributed by atoms with E-state index in [2.05, 4.69) is 15.2 Å². The Kier molecular flexibility index (Phi) is 4.78. The summed E-state index contributed by atoms with van der Waals surface area (Å²) in [6.07, 6.45) is 7.09. The predicted octanol–water partition coefficient (Wildman–Crippen LogP) is 4.51. The molecule has 168 valence electrons. The molecule has 0 radical (unpaired) electrons. The third-order valence-electron chi connectivity index (χ3n) is 7.30. The first kappa shape index (κ1) is 19.9. The highest BCUT2D eigenvalue weighted by Gasteiger charge is 2.41. The molecule has 8 heteroatoms. The first-order chi connectivity index (χ1) is 15.6. The zero-order valence-corrected chi connectivity index (χ0v) is 17.8. The summed E-state index contributed by atoms with van der Waals surface area (Å²) in [5.41, 5.74) is 2.18. The number of halogens is 2. The van der Waals surface area contributed by atoms with Crippen molar-refractivity contribution in [3.63, 3.8) is 0 Å². The number of rotatable bonds is 2. The van der Waals surface area contributed by atoms with Gasteiger partial charge in [-0.15, -0.1) is 0 Å². The summed E-state index contributed by atoms with van der Waals surface area (Å²) in [4.78, 5) is 21.6. The fourth-order valence-corrected chi connectivity index (χ4v) is 5.65. The Bertz CT molecular complexity index is 1070. The molecule has 3 aliphatic heterocycles. The molecule has 2 bridgehead atoms. The number of hydrogen-bond acceptors (Lipinski definition) is 5. The molecule has 1 amide bonds. The van der Waals surface area contributed by atoms with Crippen LogP contribution in [-0.2, 0) is 16.1 Å². The van der Waals surface area contributed by atoms with Gasteiger partial charge in [-0.05, 0) is 31.4 Å². The molecular formula is C24H26F2N4O2. The summed E-state index contributed by atoms with van der Waals surface area (Å²) in [6.45, 7) is 1.45. The van der Waals surface area contributed by atoms with E-state index >= 15 is 4.39 Å². The number of anilines is 4. The second-order valence-electron chi connectivity index (χ2n) is 9.36. The van der Waals surface area contributed by atoms with Gasteiger partial charge in [-0.2, -0.15) is 0 Å². The summed E-state index contributed by atoms with van der Waals surface area (Å²) in [7, 11) is 0. The van der Waals surface area contributed by atoms with E-state index in [-0.39, 0.29) is 36.3 Å². The molecule has 0 spiro atoms. The Labute approximate surface area is 185 Å². The van der Waals surface area contributed by atoms with E-state index in [9.17, 15) is 9.18 Å². The van der Waals surface area contributed by atoms with Crippen molar-refractivity contribution in [1.29, 1.82) is 0 Å². The van der Waals surface area contributed by atoms with E-state index in [0.717, 1.165) is 44.7 Å². The molecule has 1 aliphatic carbocycles. The molecule has 1 aromatic carbocycles. The second-order valence-corrected chi connectivity index (χ2v) is 9.36. The minimum Gasteiger partial charge on any atom is -0.374 e. The highest BCUT2D eigenvalue weighted by molar-refractivity contribution is 6.00. The predicted molar refractivity (Wildman–Crippen MR) is 117 cm³/mol. The summed E-state index contributed by atoms with van der Waals surface area (Å²) in [5, 5.41) is 3.16. The second kappa shape index (κ2) is 7.69. The fraction of sp³-hybridized carbons (Fsp3) is 0.500. The number of pyridine rings is 1. The number of nitrogens with one attached hydrogen (secondary N) is 1. The molecule has 1 N–H and O–H groups in total. The molecular weight excluding hydrogens is 414 g/mol. The van der Waals surface area contributed by atoms with Crippen molar-refractivity contribution in [2.45, 2.75) is 57.2 Å². The number of aromatic nitrogens is 1. The van der Waals surface area contributed by atoms with Crippen LogP contribution in [0.3, 0.4) is 0 Å². The summed E-state index contributed by atoms with van der Waals surface area (Å²) in [6, 6.07) is 4.78. The Morgan fingerprint density at radius 2 is 1.97 bits per heavy atom. The van der Waals surface area contributed by atoms with E-state index in [1.54, 1.807) is 11.0 Å². The molecule has 1 saturated carbocycles. The number of amides is 1. The van der Waals surface area contributed by atoms with E-state index in [4.69, 9.17) is 4.74 Å². The number of carbonyl (C=O) groups excluding carboxylic acids is 1. The van der Waals surface area contributed by atoms with Crippen LogP contribution in [0.1, 0.15) is 44.1 Å². The highest BCUT2D eigenvalue weighted by atomic mass is 19.1. The number of carbonyl (C=O) groups is 1. The molecule has 32 heavy (non-hydrogen) atoms. The molecule has 2 saturated heterocycles. The molecule has 2 atom stereocenters. The zero-order valence-electron chi connectivity index (χ0n) is 17.8. The lowest BCUT2D eigenvalue weighted by Gasteiger charge is -2.32. The third kappa shape index (κ3) is 3.32. The van der Waals surface area contributed by atoms with Crippen LogP contribution in [0.25, 0.3) is 0 Å². The van der Waals surface area contributed by atoms with Gasteiger partial charge in [-0.1, -0.05) is 19.3 Å². The highest BCUT2D eigenvalue weighted by Crippen LogP contribution is 2.43. The molecule has 6 nitrogen and oxygen atoms in total. The van der Waals surface area contributed by atoms with Crippen molar-refractivity contribution in [2.75, 3.05) is 28.3 Å². The SMILES string of the molecule is O=C(C1CCCCC1)N1Cc2cc(F)cnc2Nc2cc(F)c(N3C[C@@H]4C[C@H]3CO4)cc21. The Morgan fingerprint density at radius 3 is 2.72 bits per heavy atom. The summed E-state index contributed by atoms with van der Waals surface area (Å²) >= 11 is 0. The molecule has 4 aliphatic rings. The van der Waals surface area contributed by atoms with Gasteiger partial charge in [0.25, 0.3) is 0 Å². The first-order valence-electron chi connectivity index (χ1n) is 11.5. The van der Waals surface area contributed by atoms with Crippen molar-refractivity contribution in [2.24, 2.45) is 5.92 Å². The van der Waals surface area contributed by atoms with Crippen LogP contribution in [0.5, 0.6) is 0 Å². The Morgan fingerprint density at radius 1 is 1.12 bits per heavy atom. The van der Waals surface area contributed by atoms with Crippen LogP contribution >= 0.6 is 0 Å². The Balaban J connectivity index is 1.44. The van der Waals surface area contributed by atoms with Gasteiger partial charge < -0.3 is 19.9 Å². The van der Waals surface area contributed by atoms with E-state index in [1.165, 1.54) is 12.1 Å². The zero-order chi connectivity index (χ0) is 21.8. The quantitative estimate of drug-likeness (QED) is 0.745. The molecule has 4 heterocycles. The van der Waals surface area contributed by atoms with Crippen molar-refractivity contribution in [3.05, 3.63) is 41.6 Å². The molecule has 1 aromatic heterocycles. The van der Waals surface area contributed by atoms with Crippen LogP contribution in [-0.4, -0.2) is 36.2 Å². The minimum absolute atomic E-state index is 0.0219. The number of hydrogen-bond donors (Lipinski definition) is 1. The van der Waals surface area contributed by atoms with Gasteiger partial charge in [0.05, 0.1) is 48.6 Å². The molecule has 6 rings (SSSR count). The number of benzene rings is 1. The molecule has 3 fully saturated rings. The summed E-state index contributed by atoms with van der Waals surface area (Å²) in [5.74, 6) is -0.397. The van der Waals surface area contributed by atoms with Gasteiger partial charge in [0.2, 0.25) is 5.91 Å². The maximum absolute atomic E-state index is 15.3. The summed E-state index contributed by atoms with van der Waals surface area (Å²) < 4.78 is 35.0. The number of fused-ring (bicyclic) bond motifs is 4. The lowest BCUT2D eigenvalue weighted by Crippen LogP contribution is -2.38. The van der Waals surface area contributed by atoms with Crippen molar-refractivity contribution in [3.8, 4) is 0 Å². The number of ether oxygens (including phenoxy) is 1. The maximum Gasteiger partial charge on any atom is 0.230 e. The van der Waals surface area contributed by atoms with Crippen LogP contribution in [0, 0.1) is 17.6 Å². The van der Waals surface area contributed by atoms with Crippen molar-refractivity contribution < 1.29 is 18.3 Å². The average molecular weight is 440 g/mol. The maximum atomic E-state index is 15.3. The van der Waals surface area contributed by atoms with E-state index in [0.29, 0.717) is 41.6 Å². The normalized spacial score (nSPS) is 24.7. The van der Waals surface area contributed by atoms with Gasteiger partial charge >= 0.3 is 0 Å². The fourth-order valence-electron chi connectivity index (χ4n) is 5.65. The van der Waals surface area contributed by atoms with Gasteiger partial charge in [-0.3, -0.25) is 4.79 Å². The molecule has 2 aromatic rings. The monoisotopic (exact) mass is 440 g/mol. The van der Waals surface area contributed by atoms with Crippen LogP contribution in [0.4, 0.5) is 31.7 Å². The van der Waals surface area contributed by atoms with Gasteiger partial charge in [0.15, 0.2) is 0 Å². The van der Waals surface area contributed by atoms with Gasteiger partial charge in [0, 0.05) is 24.1 Å². The van der Waals surface area contributed by atoms with Crippen LogP contribution < -0.4 is 15.1 Å². The smallest absolute Gasteiger partial charge is 0.230 e. The third-order valence-corrected chi connectivity index (χ3v) is 7.30. The Hall–Kier alpha value is -2.74. The minimum atomic E-state index is -0.457. The number of nitrogens with zero attached hydrogens (tertiary/aromatic N) is 3. The lowest BCUT2D eigenvalue weighted by molar-refractivity contribution is -0.123. The van der Waals surface area contributed by atoms with Crippen LogP contribution in [0.2, 0.25) is 0 Å². The standard InChI is InChI=1S/C24H26F2N4O2/c25-16-6-15-11-30(24(31)14-4-2-1-3-5-14)22-9-21(29-12-18-7-17(29)13-32-18)19(26)8-20(22)28-23(15)27-10-16/h6,8-10,14,17-18H,1-5,7,11-13H2,(H,27,28)/t17-,18-/m0/s1. The van der Waals surface area contributed by atoms with Gasteiger partial charge in [0.1, 0.15) is 17.5 Å². The van der Waals surface area contributed by atoms with Crippen molar-refractivity contribution in [1.82, 2.24) is 4.98 Å². The first-order valence-corrected chi connectivity index (χ1v) is 11.5. The van der Waals surface area contributed by atoms with E-state index in [1.807, 2.05) is 0 Å². The van der Waals surface area contributed by atoms with Crippen LogP contribution in [0.15, 0.2) is 24.4 Å². The largest absolute Gasteiger partial charge is 0.374 e. The van der Waals surface area contributed by atoms with Crippen molar-refractivity contribution >= 4 is 28.8 Å².